The molecule has 22 heavy (non-hydrogen) atoms. The van der Waals surface area contributed by atoms with Crippen LogP contribution in [0.3, 0.4) is 0 Å². The van der Waals surface area contributed by atoms with Crippen LogP contribution in [0.25, 0.3) is 0 Å². The first-order chi connectivity index (χ1) is 10.6. The van der Waals surface area contributed by atoms with E-state index in [0.29, 0.717) is 30.9 Å². The van der Waals surface area contributed by atoms with Gasteiger partial charge in [-0.15, -0.1) is 0 Å². The molecule has 0 aliphatic rings. The van der Waals surface area contributed by atoms with Crippen LogP contribution in [0.1, 0.15) is 6.42 Å². The third kappa shape index (κ3) is 5.25. The lowest BCUT2D eigenvalue weighted by Crippen LogP contribution is -2.36. The molecule has 3 N–H and O–H groups in total. The molecule has 0 radical (unpaired) electrons. The fourth-order valence-electron chi connectivity index (χ4n) is 1.93. The van der Waals surface area contributed by atoms with Gasteiger partial charge >= 0.3 is 0 Å². The summed E-state index contributed by atoms with van der Waals surface area (Å²) >= 11 is 0. The molecule has 0 unspecified atom stereocenters. The van der Waals surface area contributed by atoms with Gasteiger partial charge in [-0.05, 0) is 31.2 Å². The molecule has 0 fully saturated rings. The van der Waals surface area contributed by atoms with Gasteiger partial charge in [0.2, 0.25) is 12.3 Å². The minimum Gasteiger partial charge on any atom is -0.495 e. The first kappa shape index (κ1) is 17.8. The summed E-state index contributed by atoms with van der Waals surface area (Å²) in [6.45, 7) is 1.48. The molecule has 0 spiro atoms. The van der Waals surface area contributed by atoms with E-state index in [4.69, 9.17) is 4.74 Å². The topological polar surface area (TPSA) is 82.7 Å². The van der Waals surface area contributed by atoms with Crippen LogP contribution in [0.5, 0.6) is 5.75 Å². The van der Waals surface area contributed by atoms with Gasteiger partial charge in [-0.3, -0.25) is 9.59 Å². The van der Waals surface area contributed by atoms with Crippen molar-refractivity contribution in [3.63, 3.8) is 0 Å². The number of carbonyl (C=O) groups is 2. The van der Waals surface area contributed by atoms with Crippen LogP contribution < -0.4 is 25.6 Å². The minimum absolute atomic E-state index is 0.0603. The lowest BCUT2D eigenvalue weighted by molar-refractivity contribution is -0.117. The number of hydrogen-bond acceptors (Lipinski definition) is 5. The summed E-state index contributed by atoms with van der Waals surface area (Å²) in [5.41, 5.74) is 1.62. The molecule has 1 rings (SSSR count). The molecule has 1 aromatic rings. The maximum atomic E-state index is 12.2. The zero-order chi connectivity index (χ0) is 16.4. The van der Waals surface area contributed by atoms with E-state index in [9.17, 15) is 9.59 Å². The standard InChI is InChI=1S/C15H24N4O3/c1-16-12-5-6-14(22-3)13(9-12)19(2)15(21)10-17-7-4-8-18-11-20/h5-6,9,11,16-17H,4,7-8,10H2,1-3H3,(H,18,20). The molecule has 0 atom stereocenters. The van der Waals surface area contributed by atoms with Gasteiger partial charge in [0.25, 0.3) is 0 Å². The molecule has 0 aromatic heterocycles. The van der Waals surface area contributed by atoms with Crippen molar-refractivity contribution in [2.24, 2.45) is 0 Å². The lowest BCUT2D eigenvalue weighted by Gasteiger charge is -2.21. The Morgan fingerprint density at radius 2 is 2.14 bits per heavy atom. The Hall–Kier alpha value is -2.28. The van der Waals surface area contributed by atoms with E-state index in [1.807, 2.05) is 25.2 Å². The van der Waals surface area contributed by atoms with Crippen LogP contribution in [0.15, 0.2) is 18.2 Å². The van der Waals surface area contributed by atoms with Crippen LogP contribution in [0, 0.1) is 0 Å². The highest BCUT2D eigenvalue weighted by atomic mass is 16.5. The number of carbonyl (C=O) groups excluding carboxylic acids is 2. The summed E-state index contributed by atoms with van der Waals surface area (Å²) in [4.78, 5) is 23.9. The van der Waals surface area contributed by atoms with E-state index in [1.165, 1.54) is 0 Å². The number of methoxy groups -OCH3 is 1. The maximum Gasteiger partial charge on any atom is 0.240 e. The number of anilines is 2. The van der Waals surface area contributed by atoms with Crippen molar-refractivity contribution in [2.45, 2.75) is 6.42 Å². The SMILES string of the molecule is CNc1ccc(OC)c(N(C)C(=O)CNCCCNC=O)c1. The van der Waals surface area contributed by atoms with Crippen molar-refractivity contribution in [3.05, 3.63) is 18.2 Å². The zero-order valence-electron chi connectivity index (χ0n) is 13.3. The van der Waals surface area contributed by atoms with E-state index >= 15 is 0 Å². The van der Waals surface area contributed by atoms with Crippen molar-refractivity contribution in [2.75, 3.05) is 51.1 Å². The van der Waals surface area contributed by atoms with Crippen LogP contribution in [0.4, 0.5) is 11.4 Å². The molecule has 1 aromatic carbocycles. The van der Waals surface area contributed by atoms with Crippen molar-refractivity contribution >= 4 is 23.7 Å². The number of nitrogens with one attached hydrogen (secondary N) is 3. The molecular weight excluding hydrogens is 284 g/mol. The average molecular weight is 308 g/mol. The molecule has 7 nitrogen and oxygen atoms in total. The fourth-order valence-corrected chi connectivity index (χ4v) is 1.93. The number of benzene rings is 1. The van der Waals surface area contributed by atoms with Gasteiger partial charge in [-0.2, -0.15) is 0 Å². The number of amides is 2. The van der Waals surface area contributed by atoms with Gasteiger partial charge < -0.3 is 25.6 Å². The second kappa shape index (κ2) is 9.62. The van der Waals surface area contributed by atoms with E-state index in [2.05, 4.69) is 16.0 Å². The average Bonchev–Trinajstić information content (AvgIpc) is 2.56. The first-order valence-corrected chi connectivity index (χ1v) is 7.14. The number of rotatable bonds is 10. The Bertz CT molecular complexity index is 494. The third-order valence-corrected chi connectivity index (χ3v) is 3.24. The summed E-state index contributed by atoms with van der Waals surface area (Å²) in [5.74, 6) is 0.583. The second-order valence-electron chi connectivity index (χ2n) is 4.69. The summed E-state index contributed by atoms with van der Waals surface area (Å²) in [7, 11) is 5.12. The van der Waals surface area contributed by atoms with Gasteiger partial charge in [0.1, 0.15) is 5.75 Å². The lowest BCUT2D eigenvalue weighted by atomic mass is 10.2. The Morgan fingerprint density at radius 3 is 2.77 bits per heavy atom. The van der Waals surface area contributed by atoms with Gasteiger partial charge in [0, 0.05) is 26.3 Å². The molecule has 7 heteroatoms. The summed E-state index contributed by atoms with van der Waals surface area (Å²) in [5, 5.41) is 8.67. The summed E-state index contributed by atoms with van der Waals surface area (Å²) < 4.78 is 5.30. The Balaban J connectivity index is 2.56. The van der Waals surface area contributed by atoms with Crippen molar-refractivity contribution < 1.29 is 14.3 Å². The highest BCUT2D eigenvalue weighted by Crippen LogP contribution is 2.30. The predicted molar refractivity (Wildman–Crippen MR) is 87.5 cm³/mol. The first-order valence-electron chi connectivity index (χ1n) is 7.14. The second-order valence-corrected chi connectivity index (χ2v) is 4.69. The molecule has 122 valence electrons. The molecule has 2 amide bonds. The largest absolute Gasteiger partial charge is 0.495 e. The molecule has 0 saturated heterocycles. The van der Waals surface area contributed by atoms with Crippen LogP contribution >= 0.6 is 0 Å². The fraction of sp³-hybridized carbons (Fsp3) is 0.467. The maximum absolute atomic E-state index is 12.2. The quantitative estimate of drug-likeness (QED) is 0.431. The van der Waals surface area contributed by atoms with Crippen LogP contribution in [-0.2, 0) is 9.59 Å². The minimum atomic E-state index is -0.0603. The monoisotopic (exact) mass is 308 g/mol. The highest BCUT2D eigenvalue weighted by molar-refractivity contribution is 5.96. The van der Waals surface area contributed by atoms with Crippen molar-refractivity contribution in [3.8, 4) is 5.75 Å². The normalized spacial score (nSPS) is 9.95. The molecule has 0 saturated carbocycles. The van der Waals surface area contributed by atoms with E-state index in [0.717, 1.165) is 12.1 Å². The molecule has 0 heterocycles. The van der Waals surface area contributed by atoms with Crippen LogP contribution in [0.2, 0.25) is 0 Å². The number of likely N-dealkylation sites (N-methyl/N-ethyl adjacent to an activating group) is 1. The van der Waals surface area contributed by atoms with E-state index in [-0.39, 0.29) is 12.5 Å². The van der Waals surface area contributed by atoms with Gasteiger partial charge in [0.05, 0.1) is 19.3 Å². The van der Waals surface area contributed by atoms with Crippen molar-refractivity contribution in [1.82, 2.24) is 10.6 Å². The van der Waals surface area contributed by atoms with E-state index in [1.54, 1.807) is 19.1 Å². The number of ether oxygens (including phenoxy) is 1. The smallest absolute Gasteiger partial charge is 0.240 e. The molecule has 0 bridgehead atoms. The molecule has 0 aliphatic heterocycles. The third-order valence-electron chi connectivity index (χ3n) is 3.24. The molecular formula is C15H24N4O3. The Kier molecular flexibility index (Phi) is 7.77. The Morgan fingerprint density at radius 1 is 1.36 bits per heavy atom. The number of nitrogens with zero attached hydrogens (tertiary/aromatic N) is 1. The van der Waals surface area contributed by atoms with Gasteiger partial charge in [-0.1, -0.05) is 0 Å². The summed E-state index contributed by atoms with van der Waals surface area (Å²) in [6, 6.07) is 5.58. The van der Waals surface area contributed by atoms with E-state index < -0.39 is 0 Å². The molecule has 0 aliphatic carbocycles. The highest BCUT2D eigenvalue weighted by Gasteiger charge is 2.15. The van der Waals surface area contributed by atoms with Crippen LogP contribution in [-0.4, -0.2) is 53.2 Å². The zero-order valence-corrected chi connectivity index (χ0v) is 13.3. The van der Waals surface area contributed by atoms with Gasteiger partial charge in [-0.25, -0.2) is 0 Å². The van der Waals surface area contributed by atoms with Gasteiger partial charge in [0.15, 0.2) is 0 Å². The van der Waals surface area contributed by atoms with Crippen molar-refractivity contribution in [1.29, 1.82) is 0 Å². The number of hydrogen-bond donors (Lipinski definition) is 3. The summed E-state index contributed by atoms with van der Waals surface area (Å²) in [6.07, 6.45) is 1.44. The Labute approximate surface area is 131 Å². The predicted octanol–water partition coefficient (Wildman–Crippen LogP) is 0.425.